The molecule has 1 aliphatic carbocycles. The molecule has 0 N–H and O–H groups in total. The minimum Gasteiger partial charge on any atom is -0.492 e. The SMILES string of the molecule is C=C1CC2COC(=O)C2(Cc2ccc(OCCCC)c(Br)c2)C1. The summed E-state index contributed by atoms with van der Waals surface area (Å²) < 4.78 is 12.1. The van der Waals surface area contributed by atoms with Crippen molar-refractivity contribution in [3.05, 3.63) is 40.4 Å². The van der Waals surface area contributed by atoms with Crippen LogP contribution in [0.3, 0.4) is 0 Å². The number of allylic oxidation sites excluding steroid dienone is 1. The van der Waals surface area contributed by atoms with Crippen molar-refractivity contribution in [2.75, 3.05) is 13.2 Å². The maximum absolute atomic E-state index is 12.4. The van der Waals surface area contributed by atoms with E-state index in [9.17, 15) is 4.79 Å². The monoisotopic (exact) mass is 378 g/mol. The molecular weight excluding hydrogens is 356 g/mol. The lowest BCUT2D eigenvalue weighted by Crippen LogP contribution is -2.31. The molecule has 2 unspecified atom stereocenters. The molecule has 2 atom stereocenters. The van der Waals surface area contributed by atoms with Crippen molar-refractivity contribution < 1.29 is 14.3 Å². The summed E-state index contributed by atoms with van der Waals surface area (Å²) in [6.45, 7) is 7.51. The highest BCUT2D eigenvalue weighted by molar-refractivity contribution is 9.10. The van der Waals surface area contributed by atoms with Gasteiger partial charge in [0.1, 0.15) is 5.75 Å². The molecule has 1 aromatic carbocycles. The number of benzene rings is 1. The number of cyclic esters (lactones) is 1. The second-order valence-electron chi connectivity index (χ2n) is 6.73. The third kappa shape index (κ3) is 3.18. The molecule has 4 heteroatoms. The van der Waals surface area contributed by atoms with Gasteiger partial charge in [-0.1, -0.05) is 31.6 Å². The molecule has 0 radical (unpaired) electrons. The van der Waals surface area contributed by atoms with Gasteiger partial charge in [-0.25, -0.2) is 0 Å². The molecule has 1 heterocycles. The van der Waals surface area contributed by atoms with Gasteiger partial charge in [0.25, 0.3) is 0 Å². The quantitative estimate of drug-likeness (QED) is 0.409. The minimum absolute atomic E-state index is 0.0551. The van der Waals surface area contributed by atoms with E-state index in [1.54, 1.807) is 0 Å². The number of carbonyl (C=O) groups excluding carboxylic acids is 1. The van der Waals surface area contributed by atoms with E-state index in [0.717, 1.165) is 48.1 Å². The first-order valence-corrected chi connectivity index (χ1v) is 9.09. The average Bonchev–Trinajstić information content (AvgIpc) is 2.97. The Balaban J connectivity index is 1.76. The highest BCUT2D eigenvalue weighted by Gasteiger charge is 2.55. The Morgan fingerprint density at radius 1 is 1.48 bits per heavy atom. The number of unbranched alkanes of at least 4 members (excludes halogenated alkanes) is 1. The van der Waals surface area contributed by atoms with Gasteiger partial charge < -0.3 is 9.47 Å². The molecule has 0 spiro atoms. The molecular formula is C19H23BrO3. The van der Waals surface area contributed by atoms with Gasteiger partial charge in [0, 0.05) is 5.92 Å². The Hall–Kier alpha value is -1.29. The zero-order chi connectivity index (χ0) is 16.4. The van der Waals surface area contributed by atoms with E-state index in [-0.39, 0.29) is 11.9 Å². The first-order chi connectivity index (χ1) is 11.0. The zero-order valence-electron chi connectivity index (χ0n) is 13.6. The van der Waals surface area contributed by atoms with Crippen molar-refractivity contribution in [1.82, 2.24) is 0 Å². The standard InChI is InChI=1S/C19H23BrO3/c1-3-4-7-22-17-6-5-14(9-16(17)20)11-19-10-13(2)8-15(19)12-23-18(19)21/h5-6,9,15H,2-4,7-8,10-12H2,1H3. The zero-order valence-corrected chi connectivity index (χ0v) is 15.2. The van der Waals surface area contributed by atoms with Gasteiger partial charge in [-0.2, -0.15) is 0 Å². The summed E-state index contributed by atoms with van der Waals surface area (Å²) in [4.78, 5) is 12.4. The van der Waals surface area contributed by atoms with Crippen LogP contribution in [0.4, 0.5) is 0 Å². The molecule has 0 bridgehead atoms. The molecule has 1 aromatic rings. The fourth-order valence-electron chi connectivity index (χ4n) is 3.72. The van der Waals surface area contributed by atoms with Crippen molar-refractivity contribution >= 4 is 21.9 Å². The van der Waals surface area contributed by atoms with Crippen molar-refractivity contribution in [3.63, 3.8) is 0 Å². The van der Waals surface area contributed by atoms with Gasteiger partial charge in [-0.05, 0) is 59.3 Å². The summed E-state index contributed by atoms with van der Waals surface area (Å²) in [5, 5.41) is 0. The van der Waals surface area contributed by atoms with Crippen LogP contribution in [0.25, 0.3) is 0 Å². The number of fused-ring (bicyclic) bond motifs is 1. The number of hydrogen-bond acceptors (Lipinski definition) is 3. The summed E-state index contributed by atoms with van der Waals surface area (Å²) in [5.41, 5.74) is 1.91. The van der Waals surface area contributed by atoms with E-state index in [1.807, 2.05) is 6.07 Å². The van der Waals surface area contributed by atoms with Crippen molar-refractivity contribution in [2.24, 2.45) is 11.3 Å². The van der Waals surface area contributed by atoms with E-state index in [1.165, 1.54) is 5.57 Å². The van der Waals surface area contributed by atoms with Gasteiger partial charge in [0.15, 0.2) is 0 Å². The summed E-state index contributed by atoms with van der Waals surface area (Å²) >= 11 is 3.59. The average molecular weight is 379 g/mol. The van der Waals surface area contributed by atoms with Crippen LogP contribution in [0.2, 0.25) is 0 Å². The van der Waals surface area contributed by atoms with E-state index < -0.39 is 5.41 Å². The summed E-state index contributed by atoms with van der Waals surface area (Å²) in [5.74, 6) is 1.09. The third-order valence-corrected chi connectivity index (χ3v) is 5.60. The number of rotatable bonds is 6. The fourth-order valence-corrected chi connectivity index (χ4v) is 4.27. The molecule has 1 saturated heterocycles. The van der Waals surface area contributed by atoms with Crippen LogP contribution < -0.4 is 4.74 Å². The smallest absolute Gasteiger partial charge is 0.313 e. The van der Waals surface area contributed by atoms with Crippen molar-refractivity contribution in [3.8, 4) is 5.75 Å². The third-order valence-electron chi connectivity index (χ3n) is 4.98. The Bertz CT molecular complexity index is 625. The molecule has 3 rings (SSSR count). The lowest BCUT2D eigenvalue weighted by molar-refractivity contribution is -0.146. The van der Waals surface area contributed by atoms with Gasteiger partial charge in [-0.15, -0.1) is 0 Å². The molecule has 2 fully saturated rings. The van der Waals surface area contributed by atoms with Crippen LogP contribution in [-0.4, -0.2) is 19.2 Å². The van der Waals surface area contributed by atoms with Crippen LogP contribution in [0.15, 0.2) is 34.8 Å². The lowest BCUT2D eigenvalue weighted by Gasteiger charge is -2.24. The van der Waals surface area contributed by atoms with Crippen molar-refractivity contribution in [1.29, 1.82) is 0 Å². The summed E-state index contributed by atoms with van der Waals surface area (Å²) in [7, 11) is 0. The van der Waals surface area contributed by atoms with E-state index in [0.29, 0.717) is 13.0 Å². The van der Waals surface area contributed by atoms with Crippen LogP contribution in [-0.2, 0) is 16.0 Å². The van der Waals surface area contributed by atoms with Gasteiger partial charge in [0.05, 0.1) is 23.1 Å². The highest BCUT2D eigenvalue weighted by atomic mass is 79.9. The molecule has 3 nitrogen and oxygen atoms in total. The molecule has 23 heavy (non-hydrogen) atoms. The molecule has 1 saturated carbocycles. The Kier molecular flexibility index (Phi) is 4.81. The van der Waals surface area contributed by atoms with Crippen LogP contribution in [0, 0.1) is 11.3 Å². The maximum atomic E-state index is 12.4. The summed E-state index contributed by atoms with van der Waals surface area (Å²) in [6, 6.07) is 6.12. The second kappa shape index (κ2) is 6.68. The predicted molar refractivity (Wildman–Crippen MR) is 93.5 cm³/mol. The van der Waals surface area contributed by atoms with E-state index in [4.69, 9.17) is 9.47 Å². The Labute approximate surface area is 146 Å². The topological polar surface area (TPSA) is 35.5 Å². The number of carbonyl (C=O) groups is 1. The highest BCUT2D eigenvalue weighted by Crippen LogP contribution is 2.52. The minimum atomic E-state index is -0.402. The molecule has 2 aliphatic rings. The van der Waals surface area contributed by atoms with E-state index >= 15 is 0 Å². The van der Waals surface area contributed by atoms with Crippen LogP contribution in [0.1, 0.15) is 38.2 Å². The number of hydrogen-bond donors (Lipinski definition) is 0. The Morgan fingerprint density at radius 2 is 2.30 bits per heavy atom. The van der Waals surface area contributed by atoms with Crippen molar-refractivity contribution in [2.45, 2.75) is 39.0 Å². The van der Waals surface area contributed by atoms with Crippen LogP contribution in [0.5, 0.6) is 5.75 Å². The first-order valence-electron chi connectivity index (χ1n) is 8.30. The molecule has 0 amide bonds. The largest absolute Gasteiger partial charge is 0.492 e. The fraction of sp³-hybridized carbons (Fsp3) is 0.526. The first kappa shape index (κ1) is 16.6. The van der Waals surface area contributed by atoms with E-state index in [2.05, 4.69) is 41.6 Å². The maximum Gasteiger partial charge on any atom is 0.313 e. The number of ether oxygens (including phenoxy) is 2. The predicted octanol–water partition coefficient (Wildman–Crippen LogP) is 4.68. The second-order valence-corrected chi connectivity index (χ2v) is 7.58. The van der Waals surface area contributed by atoms with Gasteiger partial charge in [-0.3, -0.25) is 4.79 Å². The van der Waals surface area contributed by atoms with Crippen LogP contribution >= 0.6 is 15.9 Å². The van der Waals surface area contributed by atoms with Gasteiger partial charge >= 0.3 is 5.97 Å². The number of halogens is 1. The normalized spacial score (nSPS) is 26.3. The Morgan fingerprint density at radius 3 is 3.04 bits per heavy atom. The van der Waals surface area contributed by atoms with Gasteiger partial charge in [0.2, 0.25) is 0 Å². The molecule has 124 valence electrons. The summed E-state index contributed by atoms with van der Waals surface area (Å²) in [6.07, 6.45) is 4.54. The lowest BCUT2D eigenvalue weighted by atomic mass is 9.75. The number of esters is 1. The molecule has 0 aromatic heterocycles. The molecule has 1 aliphatic heterocycles.